The Morgan fingerprint density at radius 2 is 1.90 bits per heavy atom. The Hall–Kier alpha value is -3.19. The van der Waals surface area contributed by atoms with Gasteiger partial charge in [0.1, 0.15) is 6.54 Å². The van der Waals surface area contributed by atoms with Crippen molar-refractivity contribution in [2.24, 2.45) is 0 Å². The van der Waals surface area contributed by atoms with Gasteiger partial charge in [0.25, 0.3) is 5.56 Å². The molecule has 4 aromatic rings. The summed E-state index contributed by atoms with van der Waals surface area (Å²) >= 11 is 3.41. The van der Waals surface area contributed by atoms with Crippen LogP contribution in [0.5, 0.6) is 0 Å². The number of rotatable bonds is 5. The maximum Gasteiger partial charge on any atom is 0.262 e. The summed E-state index contributed by atoms with van der Waals surface area (Å²) in [7, 11) is 0. The van der Waals surface area contributed by atoms with E-state index in [9.17, 15) is 9.59 Å². The van der Waals surface area contributed by atoms with Gasteiger partial charge in [-0.3, -0.25) is 9.59 Å². The smallest absolute Gasteiger partial charge is 0.262 e. The number of halogens is 1. The van der Waals surface area contributed by atoms with Gasteiger partial charge in [-0.2, -0.15) is 5.10 Å². The van der Waals surface area contributed by atoms with Crippen LogP contribution >= 0.6 is 15.9 Å². The quantitative estimate of drug-likeness (QED) is 0.505. The number of benzene rings is 2. The van der Waals surface area contributed by atoms with E-state index in [4.69, 9.17) is 0 Å². The largest absolute Gasteiger partial charge is 0.350 e. The molecule has 0 saturated carbocycles. The van der Waals surface area contributed by atoms with Crippen LogP contribution in [-0.2, 0) is 17.9 Å². The molecule has 0 unspecified atom stereocenters. The SMILES string of the molecule is Cc1nn(-c2ccccc2)c2ccn(CC(=O)NCc3cccc(Br)c3)c(=O)c12. The highest BCUT2D eigenvalue weighted by Gasteiger charge is 2.15. The Balaban J connectivity index is 1.57. The standard InChI is InChI=1S/C22H19BrN4O2/c1-15-21-19(27(25-15)18-8-3-2-4-9-18)10-11-26(22(21)29)14-20(28)24-13-16-6-5-7-17(23)12-16/h2-12H,13-14H2,1H3,(H,24,28). The lowest BCUT2D eigenvalue weighted by Gasteiger charge is -2.09. The molecule has 146 valence electrons. The molecule has 0 saturated heterocycles. The normalized spacial score (nSPS) is 11.0. The summed E-state index contributed by atoms with van der Waals surface area (Å²) in [5, 5.41) is 7.90. The Labute approximate surface area is 175 Å². The van der Waals surface area contributed by atoms with Gasteiger partial charge < -0.3 is 9.88 Å². The van der Waals surface area contributed by atoms with Gasteiger partial charge in [0.2, 0.25) is 5.91 Å². The van der Waals surface area contributed by atoms with Crippen molar-refractivity contribution in [3.63, 3.8) is 0 Å². The van der Waals surface area contributed by atoms with Crippen molar-refractivity contribution in [3.8, 4) is 5.69 Å². The second kappa shape index (κ2) is 8.05. The molecule has 0 aliphatic rings. The molecule has 1 N–H and O–H groups in total. The van der Waals surface area contributed by atoms with E-state index in [2.05, 4.69) is 26.3 Å². The first-order valence-corrected chi connectivity index (χ1v) is 9.97. The second-order valence-electron chi connectivity index (χ2n) is 6.75. The predicted molar refractivity (Wildman–Crippen MR) is 116 cm³/mol. The van der Waals surface area contributed by atoms with Crippen LogP contribution in [0.4, 0.5) is 0 Å². The average Bonchev–Trinajstić information content (AvgIpc) is 3.06. The van der Waals surface area contributed by atoms with E-state index in [-0.39, 0.29) is 18.0 Å². The number of aryl methyl sites for hydroxylation is 1. The number of aromatic nitrogens is 3. The molecule has 7 heteroatoms. The van der Waals surface area contributed by atoms with Gasteiger partial charge in [-0.05, 0) is 42.8 Å². The average molecular weight is 451 g/mol. The highest BCUT2D eigenvalue weighted by Crippen LogP contribution is 2.18. The molecule has 0 aliphatic heterocycles. The fraction of sp³-hybridized carbons (Fsp3) is 0.136. The highest BCUT2D eigenvalue weighted by molar-refractivity contribution is 9.10. The summed E-state index contributed by atoms with van der Waals surface area (Å²) < 4.78 is 4.13. The lowest BCUT2D eigenvalue weighted by atomic mass is 10.2. The molecule has 2 heterocycles. The molecule has 1 amide bonds. The molecule has 0 atom stereocenters. The first kappa shape index (κ1) is 19.1. The summed E-state index contributed by atoms with van der Waals surface area (Å²) in [6.07, 6.45) is 1.64. The Morgan fingerprint density at radius 1 is 1.10 bits per heavy atom. The van der Waals surface area contributed by atoms with Crippen LogP contribution in [0.25, 0.3) is 16.6 Å². The molecule has 2 aromatic heterocycles. The van der Waals surface area contributed by atoms with Crippen LogP contribution in [-0.4, -0.2) is 20.3 Å². The van der Waals surface area contributed by atoms with E-state index in [0.717, 1.165) is 21.2 Å². The molecule has 0 radical (unpaired) electrons. The third-order valence-electron chi connectivity index (χ3n) is 4.68. The minimum absolute atomic E-state index is 0.0429. The first-order chi connectivity index (χ1) is 14.0. The van der Waals surface area contributed by atoms with Crippen LogP contribution in [0.1, 0.15) is 11.3 Å². The number of carbonyl (C=O) groups excluding carboxylic acids is 1. The van der Waals surface area contributed by atoms with Crippen LogP contribution in [0.2, 0.25) is 0 Å². The van der Waals surface area contributed by atoms with E-state index in [1.165, 1.54) is 4.57 Å². The second-order valence-corrected chi connectivity index (χ2v) is 7.66. The van der Waals surface area contributed by atoms with E-state index in [0.29, 0.717) is 17.6 Å². The Kier molecular flexibility index (Phi) is 5.31. The van der Waals surface area contributed by atoms with E-state index in [1.807, 2.05) is 60.7 Å². The van der Waals surface area contributed by atoms with Gasteiger partial charge in [0.15, 0.2) is 0 Å². The highest BCUT2D eigenvalue weighted by atomic mass is 79.9. The fourth-order valence-corrected chi connectivity index (χ4v) is 3.73. The number of pyridine rings is 1. The van der Waals surface area contributed by atoms with Crippen LogP contribution in [0, 0.1) is 6.92 Å². The van der Waals surface area contributed by atoms with E-state index < -0.39 is 0 Å². The molecule has 2 aromatic carbocycles. The lowest BCUT2D eigenvalue weighted by molar-refractivity contribution is -0.121. The minimum Gasteiger partial charge on any atom is -0.350 e. The first-order valence-electron chi connectivity index (χ1n) is 9.18. The summed E-state index contributed by atoms with van der Waals surface area (Å²) in [5.41, 5.74) is 3.01. The monoisotopic (exact) mass is 450 g/mol. The summed E-state index contributed by atoms with van der Waals surface area (Å²) in [6, 6.07) is 19.2. The molecule has 0 fully saturated rings. The molecular weight excluding hydrogens is 432 g/mol. The number of para-hydroxylation sites is 1. The predicted octanol–water partition coefficient (Wildman–Crippen LogP) is 3.57. The van der Waals surface area contributed by atoms with Gasteiger partial charge in [-0.1, -0.05) is 46.3 Å². The third kappa shape index (κ3) is 4.00. The zero-order valence-corrected chi connectivity index (χ0v) is 17.4. The van der Waals surface area contributed by atoms with Crippen molar-refractivity contribution in [3.05, 3.63) is 92.9 Å². The molecule has 29 heavy (non-hydrogen) atoms. The number of hydrogen-bond acceptors (Lipinski definition) is 3. The number of amides is 1. The van der Waals surface area contributed by atoms with Gasteiger partial charge >= 0.3 is 0 Å². The molecule has 4 rings (SSSR count). The number of hydrogen-bond donors (Lipinski definition) is 1. The van der Waals surface area contributed by atoms with Crippen molar-refractivity contribution in [2.45, 2.75) is 20.0 Å². The van der Waals surface area contributed by atoms with Crippen molar-refractivity contribution in [1.29, 1.82) is 0 Å². The number of nitrogens with zero attached hydrogens (tertiary/aromatic N) is 3. The molecule has 0 aliphatic carbocycles. The molecule has 0 bridgehead atoms. The number of carbonyl (C=O) groups is 1. The summed E-state index contributed by atoms with van der Waals surface area (Å²) in [4.78, 5) is 25.3. The van der Waals surface area contributed by atoms with Gasteiger partial charge in [-0.25, -0.2) is 4.68 Å². The van der Waals surface area contributed by atoms with Crippen LogP contribution in [0.3, 0.4) is 0 Å². The molecular formula is C22H19BrN4O2. The molecule has 0 spiro atoms. The van der Waals surface area contributed by atoms with Crippen molar-refractivity contribution in [2.75, 3.05) is 0 Å². The maximum atomic E-state index is 13.0. The minimum atomic E-state index is -0.223. The zero-order chi connectivity index (χ0) is 20.4. The van der Waals surface area contributed by atoms with Crippen LogP contribution in [0.15, 0.2) is 76.1 Å². The fourth-order valence-electron chi connectivity index (χ4n) is 3.28. The van der Waals surface area contributed by atoms with Gasteiger partial charge in [0, 0.05) is 17.2 Å². The van der Waals surface area contributed by atoms with E-state index >= 15 is 0 Å². The number of fused-ring (bicyclic) bond motifs is 1. The summed E-state index contributed by atoms with van der Waals surface area (Å²) in [6.45, 7) is 2.17. The lowest BCUT2D eigenvalue weighted by Crippen LogP contribution is -2.31. The maximum absolute atomic E-state index is 13.0. The molecule has 6 nitrogen and oxygen atoms in total. The summed E-state index contributed by atoms with van der Waals surface area (Å²) in [5.74, 6) is -0.223. The topological polar surface area (TPSA) is 68.9 Å². The van der Waals surface area contributed by atoms with Crippen LogP contribution < -0.4 is 10.9 Å². The zero-order valence-electron chi connectivity index (χ0n) is 15.8. The van der Waals surface area contributed by atoms with Crippen molar-refractivity contribution < 1.29 is 4.79 Å². The van der Waals surface area contributed by atoms with Gasteiger partial charge in [-0.15, -0.1) is 0 Å². The number of nitrogens with one attached hydrogen (secondary N) is 1. The Bertz CT molecular complexity index is 1240. The Morgan fingerprint density at radius 3 is 2.66 bits per heavy atom. The van der Waals surface area contributed by atoms with E-state index in [1.54, 1.807) is 17.8 Å². The van der Waals surface area contributed by atoms with Crippen molar-refractivity contribution >= 4 is 32.7 Å². The van der Waals surface area contributed by atoms with Crippen molar-refractivity contribution in [1.82, 2.24) is 19.7 Å². The van der Waals surface area contributed by atoms with Gasteiger partial charge in [0.05, 0.1) is 22.3 Å². The third-order valence-corrected chi connectivity index (χ3v) is 5.17.